The molecule has 0 unspecified atom stereocenters. The van der Waals surface area contributed by atoms with Crippen molar-refractivity contribution in [3.8, 4) is 5.88 Å². The van der Waals surface area contributed by atoms with Crippen LogP contribution >= 0.6 is 22.9 Å². The molecule has 0 aliphatic carbocycles. The van der Waals surface area contributed by atoms with Gasteiger partial charge in [-0.15, -0.1) is 11.3 Å². The number of ether oxygens (including phenoxy) is 1. The second-order valence-electron chi connectivity index (χ2n) is 4.00. The third kappa shape index (κ3) is 2.43. The number of hydrogen-bond donors (Lipinski definition) is 1. The van der Waals surface area contributed by atoms with Gasteiger partial charge < -0.3 is 10.1 Å². The minimum atomic E-state index is -0.314. The van der Waals surface area contributed by atoms with E-state index in [9.17, 15) is 4.79 Å². The molecule has 0 bridgehead atoms. The normalized spacial score (nSPS) is 13.7. The molecular weight excluding hydrogens is 288 g/mol. The lowest BCUT2D eigenvalue weighted by atomic mass is 10.4. The predicted molar refractivity (Wildman–Crippen MR) is 70.6 cm³/mol. The van der Waals surface area contributed by atoms with Crippen LogP contribution in [0, 0.1) is 0 Å². The van der Waals surface area contributed by atoms with Crippen LogP contribution in [-0.4, -0.2) is 27.3 Å². The van der Waals surface area contributed by atoms with E-state index in [1.165, 1.54) is 11.3 Å². The lowest BCUT2D eigenvalue weighted by Crippen LogP contribution is -2.23. The lowest BCUT2D eigenvalue weighted by molar-refractivity contribution is 0.0945. The highest BCUT2D eigenvalue weighted by Crippen LogP contribution is 2.30. The van der Waals surface area contributed by atoms with Crippen molar-refractivity contribution in [2.75, 3.05) is 6.61 Å². The van der Waals surface area contributed by atoms with Gasteiger partial charge in [-0.2, -0.15) is 5.10 Å². The monoisotopic (exact) mass is 298 g/mol. The second-order valence-corrected chi connectivity index (χ2v) is 5.36. The standard InChI is InChI=1S/C11H11ClN4O2S/c12-8-9(15-16-3-1-4-18-11(8)16)10(17)14-6-7-13-2-5-19-7/h2,5H,1,3-4,6H2,(H,14,17). The lowest BCUT2D eigenvalue weighted by Gasteiger charge is -2.14. The van der Waals surface area contributed by atoms with Gasteiger partial charge in [0.2, 0.25) is 5.88 Å². The molecule has 2 aromatic heterocycles. The Bertz CT molecular complexity index is 596. The van der Waals surface area contributed by atoms with Gasteiger partial charge in [-0.3, -0.25) is 4.79 Å². The van der Waals surface area contributed by atoms with Gasteiger partial charge >= 0.3 is 0 Å². The maximum Gasteiger partial charge on any atom is 0.273 e. The molecule has 0 saturated heterocycles. The highest BCUT2D eigenvalue weighted by molar-refractivity contribution is 7.09. The predicted octanol–water partition coefficient (Wildman–Crippen LogP) is 1.71. The number of hydrogen-bond acceptors (Lipinski definition) is 5. The maximum absolute atomic E-state index is 12.0. The third-order valence-corrected chi connectivity index (χ3v) is 3.82. The van der Waals surface area contributed by atoms with Crippen molar-refractivity contribution in [3.63, 3.8) is 0 Å². The zero-order valence-electron chi connectivity index (χ0n) is 9.93. The van der Waals surface area contributed by atoms with Crippen molar-refractivity contribution in [1.29, 1.82) is 0 Å². The van der Waals surface area contributed by atoms with E-state index in [2.05, 4.69) is 15.4 Å². The van der Waals surface area contributed by atoms with Crippen molar-refractivity contribution in [3.05, 3.63) is 27.3 Å². The van der Waals surface area contributed by atoms with Crippen LogP contribution < -0.4 is 10.1 Å². The largest absolute Gasteiger partial charge is 0.477 e. The number of carbonyl (C=O) groups excluding carboxylic acids is 1. The van der Waals surface area contributed by atoms with Crippen molar-refractivity contribution in [2.45, 2.75) is 19.5 Å². The minimum Gasteiger partial charge on any atom is -0.477 e. The molecule has 3 heterocycles. The van der Waals surface area contributed by atoms with Crippen molar-refractivity contribution in [1.82, 2.24) is 20.1 Å². The Labute approximate surface area is 118 Å². The number of nitrogens with zero attached hydrogens (tertiary/aromatic N) is 3. The Kier molecular flexibility index (Phi) is 3.39. The van der Waals surface area contributed by atoms with Gasteiger partial charge in [0.25, 0.3) is 5.91 Å². The first-order chi connectivity index (χ1) is 9.25. The van der Waals surface area contributed by atoms with Gasteiger partial charge in [-0.25, -0.2) is 9.67 Å². The molecule has 0 fully saturated rings. The zero-order chi connectivity index (χ0) is 13.2. The van der Waals surface area contributed by atoms with E-state index in [4.69, 9.17) is 16.3 Å². The molecule has 100 valence electrons. The summed E-state index contributed by atoms with van der Waals surface area (Å²) in [5.74, 6) is 0.165. The number of aryl methyl sites for hydroxylation is 1. The van der Waals surface area contributed by atoms with Crippen LogP contribution in [0.5, 0.6) is 5.88 Å². The van der Waals surface area contributed by atoms with Crippen molar-refractivity contribution in [2.24, 2.45) is 0 Å². The smallest absolute Gasteiger partial charge is 0.273 e. The number of thiazole rings is 1. The number of nitrogens with one attached hydrogen (secondary N) is 1. The second kappa shape index (κ2) is 5.18. The van der Waals surface area contributed by atoms with E-state index < -0.39 is 0 Å². The molecule has 0 aromatic carbocycles. The average Bonchev–Trinajstić information content (AvgIpc) is 3.05. The Morgan fingerprint density at radius 2 is 2.53 bits per heavy atom. The molecule has 1 amide bonds. The van der Waals surface area contributed by atoms with Gasteiger partial charge in [0, 0.05) is 24.5 Å². The highest BCUT2D eigenvalue weighted by Gasteiger charge is 2.24. The summed E-state index contributed by atoms with van der Waals surface area (Å²) >= 11 is 7.60. The topological polar surface area (TPSA) is 69.0 Å². The quantitative estimate of drug-likeness (QED) is 0.936. The van der Waals surface area contributed by atoms with E-state index in [0.29, 0.717) is 19.0 Å². The molecule has 3 rings (SSSR count). The van der Waals surface area contributed by atoms with Crippen molar-refractivity contribution >= 4 is 28.8 Å². The van der Waals surface area contributed by atoms with E-state index in [1.807, 2.05) is 5.38 Å². The highest BCUT2D eigenvalue weighted by atomic mass is 35.5. The summed E-state index contributed by atoms with van der Waals surface area (Å²) in [4.78, 5) is 16.1. The number of rotatable bonds is 3. The van der Waals surface area contributed by atoms with Gasteiger partial charge in [0.15, 0.2) is 5.69 Å². The molecule has 2 aromatic rings. The number of amides is 1. The molecule has 0 spiro atoms. The first-order valence-corrected chi connectivity index (χ1v) is 7.07. The summed E-state index contributed by atoms with van der Waals surface area (Å²) in [7, 11) is 0. The SMILES string of the molecule is O=C(NCc1nccs1)c1nn2c(c1Cl)OCCC2. The zero-order valence-corrected chi connectivity index (χ0v) is 11.5. The molecule has 19 heavy (non-hydrogen) atoms. The van der Waals surface area contributed by atoms with Gasteiger partial charge in [0.05, 0.1) is 13.2 Å². The Morgan fingerprint density at radius 3 is 3.26 bits per heavy atom. The summed E-state index contributed by atoms with van der Waals surface area (Å²) in [6.45, 7) is 1.69. The number of halogens is 1. The van der Waals surface area contributed by atoms with Crippen LogP contribution in [0.15, 0.2) is 11.6 Å². The Hall–Kier alpha value is -1.60. The molecular formula is C11H11ClN4O2S. The fraction of sp³-hybridized carbons (Fsp3) is 0.364. The number of carbonyl (C=O) groups is 1. The van der Waals surface area contributed by atoms with E-state index in [-0.39, 0.29) is 16.6 Å². The van der Waals surface area contributed by atoms with E-state index in [0.717, 1.165) is 18.0 Å². The van der Waals surface area contributed by atoms with Gasteiger partial charge in [-0.1, -0.05) is 11.6 Å². The molecule has 1 aliphatic rings. The van der Waals surface area contributed by atoms with Gasteiger partial charge in [0.1, 0.15) is 10.0 Å². The molecule has 6 nitrogen and oxygen atoms in total. The van der Waals surface area contributed by atoms with Crippen LogP contribution in [0.25, 0.3) is 0 Å². The Balaban J connectivity index is 1.74. The van der Waals surface area contributed by atoms with Crippen molar-refractivity contribution < 1.29 is 9.53 Å². The molecule has 8 heteroatoms. The van der Waals surface area contributed by atoms with E-state index >= 15 is 0 Å². The van der Waals surface area contributed by atoms with Crippen LogP contribution in [0.2, 0.25) is 5.02 Å². The summed E-state index contributed by atoms with van der Waals surface area (Å²) in [5.41, 5.74) is 0.204. The van der Waals surface area contributed by atoms with Gasteiger partial charge in [-0.05, 0) is 0 Å². The number of aromatic nitrogens is 3. The fourth-order valence-electron chi connectivity index (χ4n) is 1.82. The van der Waals surface area contributed by atoms with Crippen LogP contribution in [-0.2, 0) is 13.1 Å². The summed E-state index contributed by atoms with van der Waals surface area (Å²) in [6.07, 6.45) is 2.56. The molecule has 0 radical (unpaired) electrons. The third-order valence-electron chi connectivity index (χ3n) is 2.70. The number of fused-ring (bicyclic) bond motifs is 1. The molecule has 0 atom stereocenters. The molecule has 0 saturated carbocycles. The Morgan fingerprint density at radius 1 is 1.63 bits per heavy atom. The summed E-state index contributed by atoms with van der Waals surface area (Å²) in [5, 5.41) is 9.90. The fourth-order valence-corrected chi connectivity index (χ4v) is 2.65. The van der Waals surface area contributed by atoms with Crippen LogP contribution in [0.4, 0.5) is 0 Å². The maximum atomic E-state index is 12.0. The van der Waals surface area contributed by atoms with E-state index in [1.54, 1.807) is 10.9 Å². The summed E-state index contributed by atoms with van der Waals surface area (Å²) in [6, 6.07) is 0. The first kappa shape index (κ1) is 12.4. The minimum absolute atomic E-state index is 0.204. The molecule has 1 aliphatic heterocycles. The molecule has 1 N–H and O–H groups in total. The van der Waals surface area contributed by atoms with Crippen LogP contribution in [0.3, 0.4) is 0 Å². The first-order valence-electron chi connectivity index (χ1n) is 5.81. The summed E-state index contributed by atoms with van der Waals surface area (Å²) < 4.78 is 7.04. The average molecular weight is 299 g/mol. The van der Waals surface area contributed by atoms with Crippen LogP contribution in [0.1, 0.15) is 21.9 Å².